The third kappa shape index (κ3) is 7.19. The van der Waals surface area contributed by atoms with E-state index in [0.717, 1.165) is 45.3 Å². The van der Waals surface area contributed by atoms with Crippen molar-refractivity contribution in [1.29, 1.82) is 0 Å². The van der Waals surface area contributed by atoms with Gasteiger partial charge in [0.2, 0.25) is 0 Å². The van der Waals surface area contributed by atoms with E-state index in [1.807, 2.05) is 20.8 Å². The molecule has 138 valence electrons. The monoisotopic (exact) mass is 348 g/mol. The predicted molar refractivity (Wildman–Crippen MR) is 93.7 cm³/mol. The summed E-state index contributed by atoms with van der Waals surface area (Å²) in [4.78, 5) is 0. The zero-order valence-electron chi connectivity index (χ0n) is 15.5. The summed E-state index contributed by atoms with van der Waals surface area (Å²) in [6, 6.07) is 0.829. The number of ether oxygens (including phenoxy) is 2. The van der Waals surface area contributed by atoms with Gasteiger partial charge in [0.1, 0.15) is 0 Å². The fraction of sp³-hybridized carbons (Fsp3) is 1.00. The van der Waals surface area contributed by atoms with Crippen LogP contribution in [0.3, 0.4) is 0 Å². The molecule has 1 heterocycles. The highest BCUT2D eigenvalue weighted by Crippen LogP contribution is 2.35. The van der Waals surface area contributed by atoms with E-state index in [1.54, 1.807) is 0 Å². The number of hydrogen-bond donors (Lipinski definition) is 0. The SMILES string of the molecule is CCO[Si](CCCOCCCC1(CC)COC1)(OCC)OCC. The fourth-order valence-corrected chi connectivity index (χ4v) is 5.54. The molecule has 0 aromatic heterocycles. The van der Waals surface area contributed by atoms with Gasteiger partial charge in [-0.15, -0.1) is 0 Å². The third-order valence-corrected chi connectivity index (χ3v) is 7.58. The van der Waals surface area contributed by atoms with Crippen molar-refractivity contribution < 1.29 is 22.8 Å². The van der Waals surface area contributed by atoms with Crippen molar-refractivity contribution in [3.63, 3.8) is 0 Å². The van der Waals surface area contributed by atoms with Gasteiger partial charge in [-0.3, -0.25) is 0 Å². The maximum absolute atomic E-state index is 5.84. The van der Waals surface area contributed by atoms with E-state index in [0.29, 0.717) is 25.2 Å². The topological polar surface area (TPSA) is 46.2 Å². The molecule has 1 saturated heterocycles. The molecule has 0 atom stereocenters. The summed E-state index contributed by atoms with van der Waals surface area (Å²) >= 11 is 0. The van der Waals surface area contributed by atoms with Crippen LogP contribution in [0.5, 0.6) is 0 Å². The molecule has 0 aliphatic carbocycles. The van der Waals surface area contributed by atoms with E-state index in [4.69, 9.17) is 22.8 Å². The zero-order chi connectivity index (χ0) is 17.0. The van der Waals surface area contributed by atoms with Gasteiger partial charge in [0, 0.05) is 44.5 Å². The highest BCUT2D eigenvalue weighted by Gasteiger charge is 2.39. The smallest absolute Gasteiger partial charge is 0.381 e. The summed E-state index contributed by atoms with van der Waals surface area (Å²) in [5.41, 5.74) is 0.435. The molecule has 0 aromatic rings. The van der Waals surface area contributed by atoms with Gasteiger partial charge in [0.15, 0.2) is 0 Å². The van der Waals surface area contributed by atoms with Crippen molar-refractivity contribution in [3.8, 4) is 0 Å². The van der Waals surface area contributed by atoms with E-state index < -0.39 is 8.80 Å². The Hall–Kier alpha value is 0.0169. The lowest BCUT2D eigenvalue weighted by atomic mass is 9.79. The molecule has 5 nitrogen and oxygen atoms in total. The van der Waals surface area contributed by atoms with Gasteiger partial charge < -0.3 is 22.8 Å². The maximum Gasteiger partial charge on any atom is 0.501 e. The van der Waals surface area contributed by atoms with Crippen LogP contribution in [0, 0.1) is 5.41 Å². The molecule has 23 heavy (non-hydrogen) atoms. The highest BCUT2D eigenvalue weighted by molar-refractivity contribution is 6.60. The standard InChI is InChI=1S/C17H36O5Si/c1-5-17(15-19-16-17)11-9-12-18-13-10-14-23(20-6-2,21-7-3)22-8-4/h5-16H2,1-4H3. The van der Waals surface area contributed by atoms with Crippen molar-refractivity contribution in [3.05, 3.63) is 0 Å². The Bertz CT molecular complexity index is 274. The Morgan fingerprint density at radius 2 is 1.43 bits per heavy atom. The fourth-order valence-electron chi connectivity index (χ4n) is 2.96. The molecule has 0 bridgehead atoms. The molecular formula is C17H36O5Si. The first-order chi connectivity index (χ1) is 11.2. The largest absolute Gasteiger partial charge is 0.501 e. The molecule has 0 aromatic carbocycles. The Balaban J connectivity index is 2.15. The van der Waals surface area contributed by atoms with Gasteiger partial charge in [0.25, 0.3) is 0 Å². The molecule has 1 aliphatic rings. The number of hydrogen-bond acceptors (Lipinski definition) is 5. The van der Waals surface area contributed by atoms with E-state index in [-0.39, 0.29) is 0 Å². The summed E-state index contributed by atoms with van der Waals surface area (Å²) in [7, 11) is -2.49. The van der Waals surface area contributed by atoms with Gasteiger partial charge in [-0.2, -0.15) is 0 Å². The Morgan fingerprint density at radius 1 is 0.870 bits per heavy atom. The van der Waals surface area contributed by atoms with Crippen LogP contribution < -0.4 is 0 Å². The Morgan fingerprint density at radius 3 is 1.87 bits per heavy atom. The normalized spacial score (nSPS) is 17.2. The van der Waals surface area contributed by atoms with Crippen molar-refractivity contribution in [2.24, 2.45) is 5.41 Å². The lowest BCUT2D eigenvalue weighted by Crippen LogP contribution is -2.46. The predicted octanol–water partition coefficient (Wildman–Crippen LogP) is 3.65. The van der Waals surface area contributed by atoms with Crippen LogP contribution in [-0.2, 0) is 22.8 Å². The van der Waals surface area contributed by atoms with Crippen LogP contribution in [0.1, 0.15) is 53.4 Å². The van der Waals surface area contributed by atoms with E-state index >= 15 is 0 Å². The van der Waals surface area contributed by atoms with Gasteiger partial charge in [-0.1, -0.05) is 6.92 Å². The summed E-state index contributed by atoms with van der Waals surface area (Å²) in [5, 5.41) is 0. The molecule has 1 aliphatic heterocycles. The van der Waals surface area contributed by atoms with Gasteiger partial charge in [0.05, 0.1) is 13.2 Å². The zero-order valence-corrected chi connectivity index (χ0v) is 16.5. The highest BCUT2D eigenvalue weighted by atomic mass is 28.4. The molecule has 0 saturated carbocycles. The van der Waals surface area contributed by atoms with Crippen molar-refractivity contribution >= 4 is 8.80 Å². The molecule has 1 fully saturated rings. The van der Waals surface area contributed by atoms with Gasteiger partial charge in [-0.05, 0) is 46.5 Å². The summed E-state index contributed by atoms with van der Waals surface area (Å²) in [6.07, 6.45) is 4.45. The Labute approximate surface area is 143 Å². The molecular weight excluding hydrogens is 312 g/mol. The third-order valence-electron chi connectivity index (χ3n) is 4.43. The summed E-state index contributed by atoms with van der Waals surface area (Å²) in [6.45, 7) is 13.5. The van der Waals surface area contributed by atoms with E-state index in [1.165, 1.54) is 12.8 Å². The summed E-state index contributed by atoms with van der Waals surface area (Å²) in [5.74, 6) is 0. The molecule has 6 heteroatoms. The first kappa shape index (κ1) is 21.1. The van der Waals surface area contributed by atoms with Crippen molar-refractivity contribution in [2.45, 2.75) is 59.4 Å². The quantitative estimate of drug-likeness (QED) is 0.334. The van der Waals surface area contributed by atoms with Crippen LogP contribution in [0.2, 0.25) is 6.04 Å². The van der Waals surface area contributed by atoms with Gasteiger partial charge >= 0.3 is 8.80 Å². The molecule has 0 radical (unpaired) electrons. The Kier molecular flexibility index (Phi) is 10.6. The minimum Gasteiger partial charge on any atom is -0.381 e. The minimum atomic E-state index is -2.49. The molecule has 0 amide bonds. The van der Waals surface area contributed by atoms with E-state index in [9.17, 15) is 0 Å². The molecule has 0 N–H and O–H groups in total. The lowest BCUT2D eigenvalue weighted by Gasteiger charge is -2.41. The second-order valence-electron chi connectivity index (χ2n) is 6.15. The van der Waals surface area contributed by atoms with Crippen LogP contribution in [0.25, 0.3) is 0 Å². The molecule has 0 unspecified atom stereocenters. The van der Waals surface area contributed by atoms with Crippen molar-refractivity contribution in [1.82, 2.24) is 0 Å². The molecule has 1 rings (SSSR count). The maximum atomic E-state index is 5.84. The van der Waals surface area contributed by atoms with E-state index in [2.05, 4.69) is 6.92 Å². The first-order valence-corrected chi connectivity index (χ1v) is 11.2. The lowest BCUT2D eigenvalue weighted by molar-refractivity contribution is -0.121. The second kappa shape index (κ2) is 11.6. The minimum absolute atomic E-state index is 0.435. The molecule has 0 spiro atoms. The second-order valence-corrected chi connectivity index (χ2v) is 8.88. The average Bonchev–Trinajstić information content (AvgIpc) is 2.49. The van der Waals surface area contributed by atoms with Crippen LogP contribution in [-0.4, -0.2) is 55.1 Å². The summed E-state index contributed by atoms with van der Waals surface area (Å²) < 4.78 is 28.7. The number of rotatable bonds is 15. The van der Waals surface area contributed by atoms with Gasteiger partial charge in [-0.25, -0.2) is 0 Å². The first-order valence-electron chi connectivity index (χ1n) is 9.23. The van der Waals surface area contributed by atoms with Crippen LogP contribution in [0.4, 0.5) is 0 Å². The van der Waals surface area contributed by atoms with Crippen LogP contribution >= 0.6 is 0 Å². The average molecular weight is 349 g/mol. The van der Waals surface area contributed by atoms with Crippen molar-refractivity contribution in [2.75, 3.05) is 46.2 Å². The van der Waals surface area contributed by atoms with Crippen LogP contribution in [0.15, 0.2) is 0 Å².